The van der Waals surface area contributed by atoms with Crippen molar-refractivity contribution in [1.82, 2.24) is 4.31 Å². The fourth-order valence-corrected chi connectivity index (χ4v) is 4.06. The summed E-state index contributed by atoms with van der Waals surface area (Å²) in [7, 11) is -2.16. The number of ether oxygens (including phenoxy) is 1. The Balaban J connectivity index is 3.19. The summed E-state index contributed by atoms with van der Waals surface area (Å²) in [6.45, 7) is 6.35. The van der Waals surface area contributed by atoms with Gasteiger partial charge >= 0.3 is 0 Å². The van der Waals surface area contributed by atoms with E-state index in [4.69, 9.17) is 10.5 Å². The van der Waals surface area contributed by atoms with E-state index in [9.17, 15) is 8.42 Å². The van der Waals surface area contributed by atoms with Gasteiger partial charge in [0.05, 0.1) is 7.11 Å². The van der Waals surface area contributed by atoms with E-state index in [1.165, 1.54) is 17.5 Å². The first-order chi connectivity index (χ1) is 9.84. The molecule has 0 fully saturated rings. The molecule has 0 heterocycles. The van der Waals surface area contributed by atoms with Crippen molar-refractivity contribution in [2.24, 2.45) is 0 Å². The molecule has 0 aliphatic carbocycles. The average molecular weight is 314 g/mol. The summed E-state index contributed by atoms with van der Waals surface area (Å²) in [6.07, 6.45) is 2.90. The monoisotopic (exact) mass is 314 g/mol. The fourth-order valence-electron chi connectivity index (χ4n) is 2.19. The van der Waals surface area contributed by atoms with Crippen LogP contribution in [0.4, 0.5) is 5.69 Å². The van der Waals surface area contributed by atoms with Crippen LogP contribution in [-0.4, -0.2) is 32.4 Å². The van der Waals surface area contributed by atoms with E-state index in [1.54, 1.807) is 12.1 Å². The van der Waals surface area contributed by atoms with Crippen molar-refractivity contribution in [3.63, 3.8) is 0 Å². The maximum absolute atomic E-state index is 12.9. The van der Waals surface area contributed by atoms with E-state index in [0.717, 1.165) is 19.3 Å². The van der Waals surface area contributed by atoms with Gasteiger partial charge in [-0.1, -0.05) is 19.8 Å². The molecule has 0 bridgehead atoms. The number of hydrogen-bond donors (Lipinski definition) is 1. The molecular weight excluding hydrogens is 288 g/mol. The Morgan fingerprint density at radius 1 is 1.29 bits per heavy atom. The fraction of sp³-hybridized carbons (Fsp3) is 0.600. The molecule has 0 spiro atoms. The van der Waals surface area contributed by atoms with E-state index < -0.39 is 10.0 Å². The number of nitrogens with zero attached hydrogens (tertiary/aromatic N) is 1. The van der Waals surface area contributed by atoms with Crippen molar-refractivity contribution in [3.8, 4) is 5.75 Å². The predicted octanol–water partition coefficient (Wildman–Crippen LogP) is 2.87. The van der Waals surface area contributed by atoms with E-state index >= 15 is 0 Å². The van der Waals surface area contributed by atoms with Crippen LogP contribution in [0.1, 0.15) is 40.0 Å². The molecular formula is C15H26N2O3S. The Labute approximate surface area is 128 Å². The lowest BCUT2D eigenvalue weighted by Crippen LogP contribution is -2.37. The first kappa shape index (κ1) is 17.8. The number of methoxy groups -OCH3 is 1. The number of nitrogen functional groups attached to an aromatic ring is 1. The lowest BCUT2D eigenvalue weighted by molar-refractivity contribution is 0.341. The highest BCUT2D eigenvalue weighted by atomic mass is 32.2. The van der Waals surface area contributed by atoms with Gasteiger partial charge < -0.3 is 10.5 Å². The van der Waals surface area contributed by atoms with E-state index in [2.05, 4.69) is 6.92 Å². The Hall–Kier alpha value is -1.27. The van der Waals surface area contributed by atoms with Gasteiger partial charge in [-0.15, -0.1) is 0 Å². The number of sulfonamides is 1. The maximum atomic E-state index is 12.9. The lowest BCUT2D eigenvalue weighted by atomic mass is 10.2. The van der Waals surface area contributed by atoms with Gasteiger partial charge in [0.1, 0.15) is 10.6 Å². The molecule has 0 radical (unpaired) electrons. The zero-order valence-electron chi connectivity index (χ0n) is 13.3. The molecule has 0 aliphatic rings. The van der Waals surface area contributed by atoms with Crippen LogP contribution < -0.4 is 10.5 Å². The van der Waals surface area contributed by atoms with Gasteiger partial charge in [0.25, 0.3) is 0 Å². The van der Waals surface area contributed by atoms with Crippen molar-refractivity contribution < 1.29 is 13.2 Å². The molecule has 5 nitrogen and oxygen atoms in total. The second-order valence-electron chi connectivity index (χ2n) is 5.33. The molecule has 0 atom stereocenters. The zero-order valence-corrected chi connectivity index (χ0v) is 14.1. The van der Waals surface area contributed by atoms with Gasteiger partial charge in [-0.3, -0.25) is 0 Å². The molecule has 0 saturated heterocycles. The van der Waals surface area contributed by atoms with Gasteiger partial charge in [0.2, 0.25) is 10.0 Å². The number of unbranched alkanes of at least 4 members (excludes halogenated alkanes) is 2. The van der Waals surface area contributed by atoms with Crippen LogP contribution >= 0.6 is 0 Å². The summed E-state index contributed by atoms with van der Waals surface area (Å²) < 4.78 is 32.5. The highest BCUT2D eigenvalue weighted by Crippen LogP contribution is 2.29. The summed E-state index contributed by atoms with van der Waals surface area (Å²) >= 11 is 0. The molecule has 0 saturated carbocycles. The van der Waals surface area contributed by atoms with Crippen LogP contribution in [-0.2, 0) is 10.0 Å². The van der Waals surface area contributed by atoms with Gasteiger partial charge in [-0.05, 0) is 38.5 Å². The quantitative estimate of drug-likeness (QED) is 0.591. The van der Waals surface area contributed by atoms with Crippen LogP contribution in [0.2, 0.25) is 0 Å². The van der Waals surface area contributed by atoms with E-state index in [0.29, 0.717) is 18.0 Å². The zero-order chi connectivity index (χ0) is 16.0. The summed E-state index contributed by atoms with van der Waals surface area (Å²) in [6, 6.07) is 4.57. The van der Waals surface area contributed by atoms with Gasteiger partial charge in [-0.2, -0.15) is 4.31 Å². The van der Waals surface area contributed by atoms with Crippen LogP contribution in [0.25, 0.3) is 0 Å². The minimum atomic E-state index is -3.62. The molecule has 120 valence electrons. The second-order valence-corrected chi connectivity index (χ2v) is 7.19. The van der Waals surface area contributed by atoms with Gasteiger partial charge in [0, 0.05) is 18.3 Å². The third kappa shape index (κ3) is 4.35. The van der Waals surface area contributed by atoms with Crippen molar-refractivity contribution >= 4 is 15.7 Å². The largest absolute Gasteiger partial charge is 0.495 e. The first-order valence-electron chi connectivity index (χ1n) is 7.30. The standard InChI is InChI=1S/C15H26N2O3S/c1-5-6-7-10-17(12(2)3)21(18,19)15-11-13(16)8-9-14(15)20-4/h8-9,11-12H,5-7,10,16H2,1-4H3. The molecule has 0 unspecified atom stereocenters. The molecule has 0 aromatic heterocycles. The van der Waals surface area contributed by atoms with Crippen molar-refractivity contribution in [3.05, 3.63) is 18.2 Å². The summed E-state index contributed by atoms with van der Waals surface area (Å²) in [4.78, 5) is 0.134. The average Bonchev–Trinajstić information content (AvgIpc) is 2.42. The van der Waals surface area contributed by atoms with Gasteiger partial charge in [-0.25, -0.2) is 8.42 Å². The van der Waals surface area contributed by atoms with Crippen LogP contribution in [0.3, 0.4) is 0 Å². The highest BCUT2D eigenvalue weighted by molar-refractivity contribution is 7.89. The molecule has 0 amide bonds. The topological polar surface area (TPSA) is 72.6 Å². The molecule has 1 rings (SSSR count). The SMILES string of the molecule is CCCCCN(C(C)C)S(=O)(=O)c1cc(N)ccc1OC. The van der Waals surface area contributed by atoms with Crippen molar-refractivity contribution in [2.75, 3.05) is 19.4 Å². The normalized spacial score (nSPS) is 12.1. The number of hydrogen-bond acceptors (Lipinski definition) is 4. The molecule has 1 aromatic rings. The van der Waals surface area contributed by atoms with Crippen molar-refractivity contribution in [1.29, 1.82) is 0 Å². The molecule has 21 heavy (non-hydrogen) atoms. The summed E-state index contributed by atoms with van der Waals surface area (Å²) in [5.41, 5.74) is 6.15. The lowest BCUT2D eigenvalue weighted by Gasteiger charge is -2.26. The Morgan fingerprint density at radius 2 is 1.95 bits per heavy atom. The molecule has 6 heteroatoms. The minimum absolute atomic E-state index is 0.113. The maximum Gasteiger partial charge on any atom is 0.247 e. The smallest absolute Gasteiger partial charge is 0.247 e. The van der Waals surface area contributed by atoms with E-state index in [1.807, 2.05) is 13.8 Å². The second kappa shape index (κ2) is 7.66. The van der Waals surface area contributed by atoms with E-state index in [-0.39, 0.29) is 10.9 Å². The summed E-state index contributed by atoms with van der Waals surface area (Å²) in [5.74, 6) is 0.324. The Kier molecular flexibility index (Phi) is 6.48. The highest BCUT2D eigenvalue weighted by Gasteiger charge is 2.29. The number of rotatable bonds is 8. The Morgan fingerprint density at radius 3 is 2.48 bits per heavy atom. The number of benzene rings is 1. The van der Waals surface area contributed by atoms with Crippen LogP contribution in [0.5, 0.6) is 5.75 Å². The minimum Gasteiger partial charge on any atom is -0.495 e. The first-order valence-corrected chi connectivity index (χ1v) is 8.74. The molecule has 0 aliphatic heterocycles. The van der Waals surface area contributed by atoms with Gasteiger partial charge in [0.15, 0.2) is 0 Å². The predicted molar refractivity (Wildman–Crippen MR) is 86.0 cm³/mol. The van der Waals surface area contributed by atoms with Crippen molar-refractivity contribution in [2.45, 2.75) is 51.0 Å². The third-order valence-electron chi connectivity index (χ3n) is 3.33. The molecule has 2 N–H and O–H groups in total. The molecule has 1 aromatic carbocycles. The third-order valence-corrected chi connectivity index (χ3v) is 5.43. The van der Waals surface area contributed by atoms with Crippen LogP contribution in [0.15, 0.2) is 23.1 Å². The Bertz CT molecular complexity index is 556. The number of nitrogens with two attached hydrogens (primary N) is 1. The van der Waals surface area contributed by atoms with Crippen LogP contribution in [0, 0.1) is 0 Å². The summed E-state index contributed by atoms with van der Waals surface area (Å²) in [5, 5.41) is 0. The number of anilines is 1.